The van der Waals surface area contributed by atoms with Crippen LogP contribution in [0.5, 0.6) is 0 Å². The molecule has 4 nitrogen and oxygen atoms in total. The van der Waals surface area contributed by atoms with E-state index < -0.39 is 0 Å². The summed E-state index contributed by atoms with van der Waals surface area (Å²) in [5.74, 6) is 0.118. The van der Waals surface area contributed by atoms with E-state index >= 15 is 0 Å². The highest BCUT2D eigenvalue weighted by atomic mass is 32.1. The Morgan fingerprint density at radius 3 is 3.30 bits per heavy atom. The van der Waals surface area contributed by atoms with Crippen LogP contribution in [0.1, 0.15) is 21.6 Å². The fourth-order valence-electron chi connectivity index (χ4n) is 2.59. The molecule has 0 unspecified atom stereocenters. The van der Waals surface area contributed by atoms with Crippen molar-refractivity contribution in [3.63, 3.8) is 0 Å². The van der Waals surface area contributed by atoms with Crippen LogP contribution in [-0.4, -0.2) is 21.7 Å². The van der Waals surface area contributed by atoms with Crippen molar-refractivity contribution < 1.29 is 4.79 Å². The average Bonchev–Trinajstić information content (AvgIpc) is 3.11. The van der Waals surface area contributed by atoms with Gasteiger partial charge in [0.05, 0.1) is 12.1 Å². The molecule has 0 atom stereocenters. The lowest BCUT2D eigenvalue weighted by atomic mass is 10.0. The maximum atomic E-state index is 12.3. The van der Waals surface area contributed by atoms with Gasteiger partial charge in [-0.25, -0.2) is 4.98 Å². The Kier molecular flexibility index (Phi) is 2.60. The van der Waals surface area contributed by atoms with E-state index in [4.69, 9.17) is 0 Å². The number of fused-ring (bicyclic) bond motifs is 2. The third-order valence-electron chi connectivity index (χ3n) is 3.63. The topological polar surface area (TPSA) is 46.4 Å². The largest absolute Gasteiger partial charge is 0.384 e. The molecule has 20 heavy (non-hydrogen) atoms. The first-order chi connectivity index (χ1) is 9.79. The van der Waals surface area contributed by atoms with Crippen molar-refractivity contribution in [1.82, 2.24) is 9.38 Å². The fourth-order valence-corrected chi connectivity index (χ4v) is 3.31. The Labute approximate surface area is 120 Å². The highest BCUT2D eigenvalue weighted by Crippen LogP contribution is 2.24. The van der Waals surface area contributed by atoms with Gasteiger partial charge in [-0.15, -0.1) is 11.3 Å². The van der Waals surface area contributed by atoms with Crippen molar-refractivity contribution in [1.29, 1.82) is 0 Å². The quantitative estimate of drug-likeness (QED) is 0.752. The summed E-state index contributed by atoms with van der Waals surface area (Å²) in [4.78, 5) is 17.7. The summed E-state index contributed by atoms with van der Waals surface area (Å²) < 4.78 is 1.96. The van der Waals surface area contributed by atoms with Gasteiger partial charge in [0.15, 0.2) is 10.7 Å². The number of thiazole rings is 1. The fraction of sp³-hybridized carbons (Fsp3) is 0.200. The number of carbonyl (C=O) groups is 1. The zero-order valence-corrected chi connectivity index (χ0v) is 11.6. The zero-order valence-electron chi connectivity index (χ0n) is 10.8. The van der Waals surface area contributed by atoms with E-state index in [1.807, 2.05) is 40.4 Å². The van der Waals surface area contributed by atoms with Crippen LogP contribution < -0.4 is 5.32 Å². The number of rotatable bonds is 3. The van der Waals surface area contributed by atoms with Crippen LogP contribution in [-0.2, 0) is 12.8 Å². The van der Waals surface area contributed by atoms with Crippen molar-refractivity contribution in [3.8, 4) is 0 Å². The van der Waals surface area contributed by atoms with Crippen LogP contribution in [0.3, 0.4) is 0 Å². The molecule has 1 aromatic carbocycles. The second-order valence-corrected chi connectivity index (χ2v) is 5.85. The van der Waals surface area contributed by atoms with E-state index in [9.17, 15) is 4.79 Å². The number of imidazole rings is 1. The average molecular weight is 283 g/mol. The molecule has 1 N–H and O–H groups in total. The molecular formula is C15H13N3OS. The molecule has 1 aliphatic heterocycles. The number of benzene rings is 1. The van der Waals surface area contributed by atoms with Crippen molar-refractivity contribution in [2.75, 3.05) is 11.9 Å². The Hall–Kier alpha value is -2.14. The number of nitrogens with zero attached hydrogens (tertiary/aromatic N) is 2. The number of aromatic nitrogens is 2. The molecule has 0 saturated carbocycles. The summed E-state index contributed by atoms with van der Waals surface area (Å²) >= 11 is 1.58. The first kappa shape index (κ1) is 11.7. The van der Waals surface area contributed by atoms with E-state index in [1.165, 1.54) is 5.56 Å². The molecule has 0 spiro atoms. The van der Waals surface area contributed by atoms with Gasteiger partial charge >= 0.3 is 0 Å². The van der Waals surface area contributed by atoms with Crippen LogP contribution in [0.15, 0.2) is 36.0 Å². The van der Waals surface area contributed by atoms with Crippen molar-refractivity contribution >= 4 is 27.8 Å². The lowest BCUT2D eigenvalue weighted by Crippen LogP contribution is -2.04. The molecule has 0 saturated heterocycles. The number of Topliss-reactive ketones (excluding diaryl/α,β-unsaturated/α-hetero) is 1. The number of hydrogen-bond acceptors (Lipinski definition) is 4. The maximum absolute atomic E-state index is 12.3. The standard InChI is InChI=1S/C15H13N3OS/c19-14(8-12-9-18-5-6-20-15(18)17-12)11-2-1-10-3-4-16-13(10)7-11/h1-2,5-7,9,16H,3-4,8H2. The minimum absolute atomic E-state index is 0.118. The predicted octanol–water partition coefficient (Wildman–Crippen LogP) is 2.79. The van der Waals surface area contributed by atoms with Gasteiger partial charge in [-0.2, -0.15) is 0 Å². The Balaban J connectivity index is 1.59. The lowest BCUT2D eigenvalue weighted by molar-refractivity contribution is 0.0992. The molecule has 0 bridgehead atoms. The lowest BCUT2D eigenvalue weighted by Gasteiger charge is -2.03. The van der Waals surface area contributed by atoms with E-state index in [0.717, 1.165) is 34.9 Å². The number of anilines is 1. The molecule has 0 fully saturated rings. The molecule has 3 heterocycles. The molecule has 5 heteroatoms. The Bertz CT molecular complexity index is 774. The summed E-state index contributed by atoms with van der Waals surface area (Å²) in [6.45, 7) is 0.963. The van der Waals surface area contributed by atoms with Crippen molar-refractivity contribution in [2.24, 2.45) is 0 Å². The van der Waals surface area contributed by atoms with Gasteiger partial charge in [0.1, 0.15) is 0 Å². The van der Waals surface area contributed by atoms with E-state index in [0.29, 0.717) is 6.42 Å². The smallest absolute Gasteiger partial charge is 0.193 e. The van der Waals surface area contributed by atoms with E-state index in [-0.39, 0.29) is 5.78 Å². The number of nitrogens with one attached hydrogen (secondary N) is 1. The third kappa shape index (κ3) is 1.91. The van der Waals surface area contributed by atoms with Crippen LogP contribution in [0, 0.1) is 0 Å². The number of hydrogen-bond donors (Lipinski definition) is 1. The van der Waals surface area contributed by atoms with E-state index in [1.54, 1.807) is 11.3 Å². The SMILES string of the molecule is O=C(Cc1cn2ccsc2n1)c1ccc2c(c1)NCC2. The molecular weight excluding hydrogens is 270 g/mol. The first-order valence-electron chi connectivity index (χ1n) is 6.61. The van der Waals surface area contributed by atoms with Crippen molar-refractivity contribution in [2.45, 2.75) is 12.8 Å². The van der Waals surface area contributed by atoms with Crippen LogP contribution >= 0.6 is 11.3 Å². The molecule has 3 aromatic rings. The maximum Gasteiger partial charge on any atom is 0.193 e. The Morgan fingerprint density at radius 1 is 1.45 bits per heavy atom. The van der Waals surface area contributed by atoms with Gasteiger partial charge in [-0.05, 0) is 18.1 Å². The Morgan fingerprint density at radius 2 is 2.40 bits per heavy atom. The molecule has 1 aliphatic rings. The number of carbonyl (C=O) groups excluding carboxylic acids is 1. The third-order valence-corrected chi connectivity index (χ3v) is 4.40. The minimum atomic E-state index is 0.118. The van der Waals surface area contributed by atoms with Gasteiger partial charge < -0.3 is 5.32 Å². The normalized spacial score (nSPS) is 13.4. The van der Waals surface area contributed by atoms with Crippen LogP contribution in [0.4, 0.5) is 5.69 Å². The molecule has 4 rings (SSSR count). The van der Waals surface area contributed by atoms with Gasteiger partial charge in [0, 0.05) is 35.6 Å². The number of ketones is 1. The second kappa shape index (κ2) is 4.45. The molecule has 0 amide bonds. The van der Waals surface area contributed by atoms with Gasteiger partial charge in [-0.3, -0.25) is 9.20 Å². The monoisotopic (exact) mass is 283 g/mol. The van der Waals surface area contributed by atoms with Crippen molar-refractivity contribution in [3.05, 3.63) is 52.8 Å². The summed E-state index contributed by atoms with van der Waals surface area (Å²) in [6, 6.07) is 5.93. The van der Waals surface area contributed by atoms with Gasteiger partial charge in [0.2, 0.25) is 0 Å². The first-order valence-corrected chi connectivity index (χ1v) is 7.49. The molecule has 0 aliphatic carbocycles. The summed E-state index contributed by atoms with van der Waals surface area (Å²) in [6.07, 6.45) is 5.28. The highest BCUT2D eigenvalue weighted by molar-refractivity contribution is 7.15. The molecule has 100 valence electrons. The van der Waals surface area contributed by atoms with Crippen LogP contribution in [0.2, 0.25) is 0 Å². The van der Waals surface area contributed by atoms with Crippen LogP contribution in [0.25, 0.3) is 4.96 Å². The zero-order chi connectivity index (χ0) is 13.5. The summed E-state index contributed by atoms with van der Waals surface area (Å²) in [7, 11) is 0. The van der Waals surface area contributed by atoms with Gasteiger partial charge in [0.25, 0.3) is 0 Å². The highest BCUT2D eigenvalue weighted by Gasteiger charge is 2.15. The molecule has 0 radical (unpaired) electrons. The minimum Gasteiger partial charge on any atom is -0.384 e. The summed E-state index contributed by atoms with van der Waals surface area (Å²) in [5.41, 5.74) is 3.98. The predicted molar refractivity (Wildman–Crippen MR) is 79.7 cm³/mol. The summed E-state index contributed by atoms with van der Waals surface area (Å²) in [5, 5.41) is 5.29. The van der Waals surface area contributed by atoms with E-state index in [2.05, 4.69) is 10.3 Å². The second-order valence-electron chi connectivity index (χ2n) is 4.97. The molecule has 2 aromatic heterocycles. The van der Waals surface area contributed by atoms with Gasteiger partial charge in [-0.1, -0.05) is 12.1 Å².